The van der Waals surface area contributed by atoms with Gasteiger partial charge in [0.05, 0.1) is 13.7 Å². The fourth-order valence-electron chi connectivity index (χ4n) is 1.79. The zero-order valence-electron chi connectivity index (χ0n) is 13.7. The van der Waals surface area contributed by atoms with Crippen molar-refractivity contribution in [3.05, 3.63) is 29.8 Å². The smallest absolute Gasteiger partial charge is 0.305 e. The van der Waals surface area contributed by atoms with Crippen LogP contribution in [0.25, 0.3) is 0 Å². The number of anilines is 1. The number of nitrogens with one attached hydrogen (secondary N) is 2. The Morgan fingerprint density at radius 1 is 1.26 bits per heavy atom. The number of carbonyl (C=O) groups excluding carboxylic acids is 2. The summed E-state index contributed by atoms with van der Waals surface area (Å²) in [5, 5.41) is 6.29. The van der Waals surface area contributed by atoms with Gasteiger partial charge in [0.15, 0.2) is 5.11 Å². The standard InChI is InChI=1S/C16H23N3O3S/c1-12-6-8-13(9-7-12)18-14(20)11-19(2)16(23)17-10-4-5-15(21)22-3/h6-9H,4-5,10-11H2,1-3H3,(H,17,23)(H,18,20). The molecule has 0 atom stereocenters. The molecule has 0 aliphatic carbocycles. The Kier molecular flexibility index (Phi) is 8.04. The fraction of sp³-hybridized carbons (Fsp3) is 0.438. The minimum absolute atomic E-state index is 0.143. The SMILES string of the molecule is COC(=O)CCCNC(=S)N(C)CC(=O)Nc1ccc(C)cc1. The second kappa shape index (κ2) is 9.78. The lowest BCUT2D eigenvalue weighted by atomic mass is 10.2. The highest BCUT2D eigenvalue weighted by Gasteiger charge is 2.10. The van der Waals surface area contributed by atoms with E-state index in [9.17, 15) is 9.59 Å². The third kappa shape index (κ3) is 7.60. The van der Waals surface area contributed by atoms with E-state index in [1.807, 2.05) is 31.2 Å². The van der Waals surface area contributed by atoms with Gasteiger partial charge >= 0.3 is 5.97 Å². The first kappa shape index (κ1) is 18.9. The number of aryl methyl sites for hydroxylation is 1. The molecule has 23 heavy (non-hydrogen) atoms. The van der Waals surface area contributed by atoms with Crippen LogP contribution in [0.4, 0.5) is 5.69 Å². The van der Waals surface area contributed by atoms with Crippen LogP contribution in [0.1, 0.15) is 18.4 Å². The van der Waals surface area contributed by atoms with Crippen molar-refractivity contribution in [1.29, 1.82) is 0 Å². The maximum absolute atomic E-state index is 12.0. The van der Waals surface area contributed by atoms with E-state index in [0.717, 1.165) is 11.3 Å². The number of amides is 1. The Hall–Kier alpha value is -2.15. The number of hydrogen-bond acceptors (Lipinski definition) is 4. The van der Waals surface area contributed by atoms with Gasteiger partial charge in [0.2, 0.25) is 5.91 Å². The summed E-state index contributed by atoms with van der Waals surface area (Å²) in [4.78, 5) is 24.6. The van der Waals surface area contributed by atoms with Crippen LogP contribution in [-0.2, 0) is 14.3 Å². The summed E-state index contributed by atoms with van der Waals surface area (Å²) < 4.78 is 4.56. The zero-order chi connectivity index (χ0) is 17.2. The number of carbonyl (C=O) groups is 2. The molecule has 2 N–H and O–H groups in total. The first-order chi connectivity index (χ1) is 10.9. The van der Waals surface area contributed by atoms with Gasteiger partial charge in [-0.25, -0.2) is 0 Å². The molecule has 1 aromatic carbocycles. The Labute approximate surface area is 142 Å². The zero-order valence-corrected chi connectivity index (χ0v) is 14.5. The molecule has 126 valence electrons. The van der Waals surface area contributed by atoms with Gasteiger partial charge in [0.1, 0.15) is 0 Å². The number of thiocarbonyl (C=S) groups is 1. The summed E-state index contributed by atoms with van der Waals surface area (Å²) in [5.74, 6) is -0.390. The van der Waals surface area contributed by atoms with Crippen molar-refractivity contribution >= 4 is 34.9 Å². The minimum atomic E-state index is -0.247. The van der Waals surface area contributed by atoms with Crippen LogP contribution >= 0.6 is 12.2 Å². The first-order valence-electron chi connectivity index (χ1n) is 7.34. The molecule has 1 amide bonds. The summed E-state index contributed by atoms with van der Waals surface area (Å²) in [6.07, 6.45) is 0.958. The number of hydrogen-bond donors (Lipinski definition) is 2. The summed E-state index contributed by atoms with van der Waals surface area (Å²) in [6, 6.07) is 7.59. The van der Waals surface area contributed by atoms with E-state index in [0.29, 0.717) is 24.5 Å². The molecule has 0 heterocycles. The Bertz CT molecular complexity index is 546. The predicted octanol–water partition coefficient (Wildman–Crippen LogP) is 1.69. The van der Waals surface area contributed by atoms with E-state index < -0.39 is 0 Å². The van der Waals surface area contributed by atoms with Crippen LogP contribution in [0, 0.1) is 6.92 Å². The fourth-order valence-corrected chi connectivity index (χ4v) is 1.96. The van der Waals surface area contributed by atoms with E-state index in [1.165, 1.54) is 7.11 Å². The second-order valence-corrected chi connectivity index (χ2v) is 5.57. The van der Waals surface area contributed by atoms with Gasteiger partial charge in [-0.15, -0.1) is 0 Å². The number of rotatable bonds is 7. The van der Waals surface area contributed by atoms with E-state index in [4.69, 9.17) is 12.2 Å². The lowest BCUT2D eigenvalue weighted by Crippen LogP contribution is -2.41. The Morgan fingerprint density at radius 2 is 1.91 bits per heavy atom. The molecule has 0 radical (unpaired) electrons. The van der Waals surface area contributed by atoms with Crippen LogP contribution in [0.15, 0.2) is 24.3 Å². The van der Waals surface area contributed by atoms with Crippen molar-refractivity contribution in [2.75, 3.05) is 32.6 Å². The van der Waals surface area contributed by atoms with Crippen molar-refractivity contribution < 1.29 is 14.3 Å². The third-order valence-corrected chi connectivity index (χ3v) is 3.58. The maximum Gasteiger partial charge on any atom is 0.305 e. The topological polar surface area (TPSA) is 70.7 Å². The highest BCUT2D eigenvalue weighted by Crippen LogP contribution is 2.08. The van der Waals surface area contributed by atoms with Crippen LogP contribution in [0.2, 0.25) is 0 Å². The maximum atomic E-state index is 12.0. The summed E-state index contributed by atoms with van der Waals surface area (Å²) in [5.41, 5.74) is 1.89. The first-order valence-corrected chi connectivity index (χ1v) is 7.75. The highest BCUT2D eigenvalue weighted by molar-refractivity contribution is 7.80. The number of likely N-dealkylation sites (N-methyl/N-ethyl adjacent to an activating group) is 1. The van der Waals surface area contributed by atoms with Crippen molar-refractivity contribution in [3.8, 4) is 0 Å². The third-order valence-electron chi connectivity index (χ3n) is 3.12. The van der Waals surface area contributed by atoms with E-state index in [-0.39, 0.29) is 18.4 Å². The molecule has 1 rings (SSSR count). The summed E-state index contributed by atoms with van der Waals surface area (Å²) >= 11 is 5.20. The van der Waals surface area contributed by atoms with Gasteiger partial charge < -0.3 is 20.3 Å². The van der Waals surface area contributed by atoms with Gasteiger partial charge in [-0.3, -0.25) is 9.59 Å². The average molecular weight is 337 g/mol. The number of benzene rings is 1. The molecule has 0 saturated carbocycles. The molecule has 0 aliphatic rings. The molecular weight excluding hydrogens is 314 g/mol. The van der Waals surface area contributed by atoms with Gasteiger partial charge in [-0.2, -0.15) is 0 Å². The average Bonchev–Trinajstić information content (AvgIpc) is 2.53. The van der Waals surface area contributed by atoms with Crippen LogP contribution in [0.3, 0.4) is 0 Å². The molecule has 0 spiro atoms. The largest absolute Gasteiger partial charge is 0.469 e. The molecule has 1 aromatic rings. The molecule has 0 saturated heterocycles. The number of ether oxygens (including phenoxy) is 1. The minimum Gasteiger partial charge on any atom is -0.469 e. The molecule has 0 fully saturated rings. The van der Waals surface area contributed by atoms with Crippen LogP contribution < -0.4 is 10.6 Å². The number of nitrogens with zero attached hydrogens (tertiary/aromatic N) is 1. The van der Waals surface area contributed by atoms with Gasteiger partial charge in [-0.05, 0) is 37.7 Å². The quantitative estimate of drug-likeness (QED) is 0.448. The molecule has 6 nitrogen and oxygen atoms in total. The normalized spacial score (nSPS) is 9.87. The van der Waals surface area contributed by atoms with Crippen molar-refractivity contribution in [2.45, 2.75) is 19.8 Å². The van der Waals surface area contributed by atoms with Gasteiger partial charge in [0, 0.05) is 25.7 Å². The summed E-state index contributed by atoms with van der Waals surface area (Å²) in [7, 11) is 3.10. The monoisotopic (exact) mass is 337 g/mol. The van der Waals surface area contributed by atoms with Crippen molar-refractivity contribution in [3.63, 3.8) is 0 Å². The van der Waals surface area contributed by atoms with Gasteiger partial charge in [0.25, 0.3) is 0 Å². The molecule has 0 aliphatic heterocycles. The van der Waals surface area contributed by atoms with E-state index in [2.05, 4.69) is 15.4 Å². The molecule has 0 bridgehead atoms. The van der Waals surface area contributed by atoms with Crippen molar-refractivity contribution in [2.24, 2.45) is 0 Å². The Morgan fingerprint density at radius 3 is 2.52 bits per heavy atom. The molecule has 0 unspecified atom stereocenters. The van der Waals surface area contributed by atoms with Crippen LogP contribution in [-0.4, -0.2) is 49.1 Å². The van der Waals surface area contributed by atoms with Crippen molar-refractivity contribution in [1.82, 2.24) is 10.2 Å². The van der Waals surface area contributed by atoms with Crippen LogP contribution in [0.5, 0.6) is 0 Å². The van der Waals surface area contributed by atoms with E-state index >= 15 is 0 Å². The van der Waals surface area contributed by atoms with E-state index in [1.54, 1.807) is 11.9 Å². The molecule has 0 aromatic heterocycles. The lowest BCUT2D eigenvalue weighted by Gasteiger charge is -2.20. The Balaban J connectivity index is 2.29. The number of esters is 1. The predicted molar refractivity (Wildman–Crippen MR) is 94.3 cm³/mol. The second-order valence-electron chi connectivity index (χ2n) is 5.18. The molecule has 7 heteroatoms. The molecular formula is C16H23N3O3S. The highest BCUT2D eigenvalue weighted by atomic mass is 32.1. The summed E-state index contributed by atoms with van der Waals surface area (Å²) in [6.45, 7) is 2.69. The number of methoxy groups -OCH3 is 1. The lowest BCUT2D eigenvalue weighted by molar-refractivity contribution is -0.140. The van der Waals surface area contributed by atoms with Gasteiger partial charge in [-0.1, -0.05) is 17.7 Å².